The summed E-state index contributed by atoms with van der Waals surface area (Å²) in [4.78, 5) is 28.0. The summed E-state index contributed by atoms with van der Waals surface area (Å²) >= 11 is 0. The van der Waals surface area contributed by atoms with Gasteiger partial charge in [0, 0.05) is 26.7 Å². The van der Waals surface area contributed by atoms with Crippen LogP contribution in [0.1, 0.15) is 67.9 Å². The summed E-state index contributed by atoms with van der Waals surface area (Å²) in [7, 11) is 1.60. The number of amides is 2. The van der Waals surface area contributed by atoms with Crippen molar-refractivity contribution in [1.29, 1.82) is 0 Å². The molecule has 8 nitrogen and oxygen atoms in total. The normalized spacial score (nSPS) is 34.9. The van der Waals surface area contributed by atoms with Gasteiger partial charge in [-0.3, -0.25) is 9.59 Å². The molecule has 6 rings (SSSR count). The van der Waals surface area contributed by atoms with Crippen molar-refractivity contribution in [1.82, 2.24) is 25.2 Å². The van der Waals surface area contributed by atoms with Crippen LogP contribution in [0, 0.1) is 23.2 Å². The van der Waals surface area contributed by atoms with Crippen LogP contribution in [0.3, 0.4) is 0 Å². The lowest BCUT2D eigenvalue weighted by molar-refractivity contribution is -0.159. The van der Waals surface area contributed by atoms with E-state index in [4.69, 9.17) is 4.74 Å². The third-order valence-electron chi connectivity index (χ3n) is 7.88. The monoisotopic (exact) mass is 415 g/mol. The Kier molecular flexibility index (Phi) is 5.29. The van der Waals surface area contributed by atoms with E-state index in [0.717, 1.165) is 56.4 Å². The molecule has 164 valence electrons. The quantitative estimate of drug-likeness (QED) is 0.718. The van der Waals surface area contributed by atoms with Crippen LogP contribution in [-0.4, -0.2) is 65.1 Å². The van der Waals surface area contributed by atoms with Crippen LogP contribution in [0.2, 0.25) is 0 Å². The molecule has 0 spiro atoms. The van der Waals surface area contributed by atoms with E-state index in [1.54, 1.807) is 18.0 Å². The van der Waals surface area contributed by atoms with Crippen LogP contribution in [-0.2, 0) is 9.53 Å². The van der Waals surface area contributed by atoms with Crippen LogP contribution in [0.4, 0.5) is 0 Å². The first-order valence-corrected chi connectivity index (χ1v) is 11.5. The number of nitrogens with one attached hydrogen (secondary N) is 1. The van der Waals surface area contributed by atoms with E-state index in [0.29, 0.717) is 31.3 Å². The van der Waals surface area contributed by atoms with Gasteiger partial charge in [0.2, 0.25) is 5.91 Å². The molecular formula is C22H33N5O3. The summed E-state index contributed by atoms with van der Waals surface area (Å²) < 4.78 is 6.74. The molecule has 4 aliphatic carbocycles. The Morgan fingerprint density at radius 3 is 2.57 bits per heavy atom. The lowest BCUT2D eigenvalue weighted by Gasteiger charge is -2.57. The van der Waals surface area contributed by atoms with E-state index >= 15 is 0 Å². The Morgan fingerprint density at radius 2 is 1.90 bits per heavy atom. The van der Waals surface area contributed by atoms with Gasteiger partial charge in [0.25, 0.3) is 5.91 Å². The minimum atomic E-state index is -0.240. The molecule has 1 atom stereocenters. The highest BCUT2D eigenvalue weighted by molar-refractivity contribution is 5.91. The minimum absolute atomic E-state index is 0.0876. The molecular weight excluding hydrogens is 382 g/mol. The first kappa shape index (κ1) is 20.0. The molecule has 8 heteroatoms. The van der Waals surface area contributed by atoms with Crippen LogP contribution in [0.25, 0.3) is 0 Å². The first-order chi connectivity index (χ1) is 14.6. The summed E-state index contributed by atoms with van der Waals surface area (Å²) in [5.74, 6) is 2.47. The number of rotatable bonds is 6. The number of likely N-dealkylation sites (tertiary alicyclic amines) is 1. The Labute approximate surface area is 177 Å². The van der Waals surface area contributed by atoms with Gasteiger partial charge in [-0.15, -0.1) is 5.10 Å². The number of methoxy groups -OCH3 is 1. The topological polar surface area (TPSA) is 89.4 Å². The number of aromatic nitrogens is 3. The molecule has 2 heterocycles. The Bertz CT molecular complexity index is 771. The van der Waals surface area contributed by atoms with Gasteiger partial charge in [0.05, 0.1) is 24.3 Å². The average molecular weight is 416 g/mol. The van der Waals surface area contributed by atoms with Crippen LogP contribution in [0.5, 0.6) is 0 Å². The molecule has 5 aliphatic rings. The van der Waals surface area contributed by atoms with Crippen molar-refractivity contribution in [2.75, 3.05) is 33.4 Å². The lowest BCUT2D eigenvalue weighted by atomic mass is 9.49. The van der Waals surface area contributed by atoms with Gasteiger partial charge in [0.15, 0.2) is 5.69 Å². The minimum Gasteiger partial charge on any atom is -0.383 e. The Hall–Kier alpha value is -1.96. The standard InChI is InChI=1S/C22H33N5O3/c1-30-6-4-23-20(28)19-14-27(25-24-19)18-3-2-5-26(13-18)21(29)22-10-15-7-16(11-22)9-17(8-15)12-22/h14-18H,2-13H2,1H3,(H,23,28). The van der Waals surface area contributed by atoms with Gasteiger partial charge < -0.3 is 15.0 Å². The van der Waals surface area contributed by atoms with Crippen molar-refractivity contribution in [3.63, 3.8) is 0 Å². The van der Waals surface area contributed by atoms with Gasteiger partial charge in [0.1, 0.15) is 0 Å². The molecule has 1 saturated heterocycles. The molecule has 1 aromatic rings. The zero-order chi connectivity index (χ0) is 20.7. The molecule has 1 unspecified atom stereocenters. The van der Waals surface area contributed by atoms with E-state index in [2.05, 4.69) is 20.5 Å². The SMILES string of the molecule is COCCNC(=O)c1cn(C2CCCN(C(=O)C34CC5CC(CC(C5)C3)C4)C2)nn1. The lowest BCUT2D eigenvalue weighted by Crippen LogP contribution is -2.56. The second-order valence-electron chi connectivity index (χ2n) is 10.1. The maximum atomic E-state index is 13.7. The molecule has 4 bridgehead atoms. The second kappa shape index (κ2) is 7.94. The molecule has 4 saturated carbocycles. The van der Waals surface area contributed by atoms with E-state index in [1.165, 1.54) is 19.3 Å². The summed E-state index contributed by atoms with van der Waals surface area (Å²) in [6.45, 7) is 2.42. The molecule has 2 amide bonds. The number of hydrogen-bond acceptors (Lipinski definition) is 5. The predicted molar refractivity (Wildman–Crippen MR) is 110 cm³/mol. The average Bonchev–Trinajstić information content (AvgIpc) is 3.23. The van der Waals surface area contributed by atoms with Crippen molar-refractivity contribution < 1.29 is 14.3 Å². The van der Waals surface area contributed by atoms with Crippen molar-refractivity contribution in [2.45, 2.75) is 57.4 Å². The van der Waals surface area contributed by atoms with E-state index < -0.39 is 0 Å². The van der Waals surface area contributed by atoms with Gasteiger partial charge in [-0.2, -0.15) is 0 Å². The van der Waals surface area contributed by atoms with E-state index in [1.807, 2.05) is 0 Å². The summed E-state index contributed by atoms with van der Waals surface area (Å²) in [6.07, 6.45) is 11.0. The fraction of sp³-hybridized carbons (Fsp3) is 0.818. The highest BCUT2D eigenvalue weighted by Crippen LogP contribution is 2.60. The van der Waals surface area contributed by atoms with E-state index in [9.17, 15) is 9.59 Å². The third kappa shape index (κ3) is 3.63. The predicted octanol–water partition coefficient (Wildman–Crippen LogP) is 2.03. The van der Waals surface area contributed by atoms with Crippen LogP contribution >= 0.6 is 0 Å². The summed E-state index contributed by atoms with van der Waals surface area (Å²) in [5, 5.41) is 11.0. The van der Waals surface area contributed by atoms with Crippen molar-refractivity contribution >= 4 is 11.8 Å². The van der Waals surface area contributed by atoms with Crippen molar-refractivity contribution in [3.05, 3.63) is 11.9 Å². The number of hydrogen-bond donors (Lipinski definition) is 1. The zero-order valence-corrected chi connectivity index (χ0v) is 17.9. The third-order valence-corrected chi connectivity index (χ3v) is 7.88. The number of ether oxygens (including phenoxy) is 1. The Morgan fingerprint density at radius 1 is 1.20 bits per heavy atom. The number of carbonyl (C=O) groups excluding carboxylic acids is 2. The molecule has 1 aromatic heterocycles. The van der Waals surface area contributed by atoms with Gasteiger partial charge in [-0.1, -0.05) is 5.21 Å². The fourth-order valence-electron chi connectivity index (χ4n) is 6.98. The fourth-order valence-corrected chi connectivity index (χ4v) is 6.98. The Balaban J connectivity index is 1.24. The first-order valence-electron chi connectivity index (χ1n) is 11.5. The van der Waals surface area contributed by atoms with E-state index in [-0.39, 0.29) is 17.4 Å². The summed E-state index contributed by atoms with van der Waals surface area (Å²) in [6, 6.07) is 0.0876. The van der Waals surface area contributed by atoms with Gasteiger partial charge in [-0.05, 0) is 69.1 Å². The maximum absolute atomic E-state index is 13.7. The molecule has 30 heavy (non-hydrogen) atoms. The van der Waals surface area contributed by atoms with Gasteiger partial charge in [-0.25, -0.2) is 4.68 Å². The smallest absolute Gasteiger partial charge is 0.273 e. The van der Waals surface area contributed by atoms with Crippen LogP contribution < -0.4 is 5.32 Å². The summed E-state index contributed by atoms with van der Waals surface area (Å²) in [5.41, 5.74) is 0.224. The van der Waals surface area contributed by atoms with Crippen LogP contribution in [0.15, 0.2) is 6.20 Å². The van der Waals surface area contributed by atoms with Crippen molar-refractivity contribution in [2.24, 2.45) is 23.2 Å². The van der Waals surface area contributed by atoms with Gasteiger partial charge >= 0.3 is 0 Å². The highest BCUT2D eigenvalue weighted by atomic mass is 16.5. The maximum Gasteiger partial charge on any atom is 0.273 e. The zero-order valence-electron chi connectivity index (χ0n) is 17.9. The number of nitrogens with zero attached hydrogens (tertiary/aromatic N) is 4. The molecule has 5 fully saturated rings. The number of piperidine rings is 1. The molecule has 0 radical (unpaired) electrons. The number of carbonyl (C=O) groups is 2. The molecule has 0 aromatic carbocycles. The molecule has 1 N–H and O–H groups in total. The molecule has 1 aliphatic heterocycles. The van der Waals surface area contributed by atoms with Crippen molar-refractivity contribution in [3.8, 4) is 0 Å². The largest absolute Gasteiger partial charge is 0.383 e. The highest BCUT2D eigenvalue weighted by Gasteiger charge is 2.55. The second-order valence-corrected chi connectivity index (χ2v) is 10.1.